The summed E-state index contributed by atoms with van der Waals surface area (Å²) < 4.78 is 3.31. The van der Waals surface area contributed by atoms with E-state index in [0.29, 0.717) is 5.82 Å². The number of para-hydroxylation sites is 1. The summed E-state index contributed by atoms with van der Waals surface area (Å²) in [6.45, 7) is 2.06. The number of amides is 1. The van der Waals surface area contributed by atoms with E-state index in [4.69, 9.17) is 0 Å². The number of aromatic nitrogens is 4. The third-order valence-corrected chi connectivity index (χ3v) is 2.96. The Hall–Kier alpha value is -2.89. The molecule has 106 valence electrons. The van der Waals surface area contributed by atoms with E-state index in [0.717, 1.165) is 11.4 Å². The van der Waals surface area contributed by atoms with E-state index in [9.17, 15) is 4.79 Å². The SMILES string of the molecule is Cc1ccn(CC(=O)Nc2ccn(-c3ccccc3)n2)n1. The van der Waals surface area contributed by atoms with Gasteiger partial charge in [0, 0.05) is 18.5 Å². The van der Waals surface area contributed by atoms with Gasteiger partial charge in [0.15, 0.2) is 5.82 Å². The molecule has 1 aromatic carbocycles. The lowest BCUT2D eigenvalue weighted by Gasteiger charge is -2.03. The molecule has 21 heavy (non-hydrogen) atoms. The molecule has 1 N–H and O–H groups in total. The van der Waals surface area contributed by atoms with Gasteiger partial charge >= 0.3 is 0 Å². The predicted molar refractivity (Wildman–Crippen MR) is 79.2 cm³/mol. The molecule has 0 aliphatic carbocycles. The lowest BCUT2D eigenvalue weighted by atomic mass is 10.3. The summed E-state index contributed by atoms with van der Waals surface area (Å²) in [7, 11) is 0. The number of nitrogens with one attached hydrogen (secondary N) is 1. The maximum Gasteiger partial charge on any atom is 0.247 e. The van der Waals surface area contributed by atoms with Gasteiger partial charge in [-0.1, -0.05) is 18.2 Å². The molecule has 0 aliphatic heterocycles. The first-order valence-corrected chi connectivity index (χ1v) is 6.62. The van der Waals surface area contributed by atoms with Gasteiger partial charge in [0.05, 0.1) is 11.4 Å². The standard InChI is InChI=1S/C15H15N5O/c1-12-7-9-19(17-12)11-15(21)16-14-8-10-20(18-14)13-5-3-2-4-6-13/h2-10H,11H2,1H3,(H,16,18,21). The van der Waals surface area contributed by atoms with E-state index in [1.807, 2.05) is 49.5 Å². The van der Waals surface area contributed by atoms with Crippen molar-refractivity contribution in [1.82, 2.24) is 19.6 Å². The Labute approximate surface area is 122 Å². The number of nitrogens with zero attached hydrogens (tertiary/aromatic N) is 4. The number of hydrogen-bond donors (Lipinski definition) is 1. The van der Waals surface area contributed by atoms with Gasteiger partial charge in [-0.3, -0.25) is 9.48 Å². The molecule has 3 aromatic rings. The second-order valence-corrected chi connectivity index (χ2v) is 4.68. The van der Waals surface area contributed by atoms with Crippen LogP contribution in [0.5, 0.6) is 0 Å². The lowest BCUT2D eigenvalue weighted by molar-refractivity contribution is -0.116. The molecular formula is C15H15N5O. The van der Waals surface area contributed by atoms with Gasteiger partial charge in [0.1, 0.15) is 6.54 Å². The molecule has 0 saturated heterocycles. The van der Waals surface area contributed by atoms with E-state index in [1.54, 1.807) is 21.6 Å². The van der Waals surface area contributed by atoms with Crippen LogP contribution in [0.15, 0.2) is 54.9 Å². The minimum Gasteiger partial charge on any atom is -0.308 e. The summed E-state index contributed by atoms with van der Waals surface area (Å²) in [5.41, 5.74) is 1.83. The molecule has 0 spiro atoms. The number of carbonyl (C=O) groups is 1. The molecule has 0 fully saturated rings. The Balaban J connectivity index is 1.66. The van der Waals surface area contributed by atoms with Crippen LogP contribution >= 0.6 is 0 Å². The van der Waals surface area contributed by atoms with E-state index in [-0.39, 0.29) is 12.5 Å². The Morgan fingerprint density at radius 2 is 1.90 bits per heavy atom. The van der Waals surface area contributed by atoms with Crippen molar-refractivity contribution in [2.45, 2.75) is 13.5 Å². The molecule has 2 heterocycles. The largest absolute Gasteiger partial charge is 0.308 e. The third kappa shape index (κ3) is 3.17. The van der Waals surface area contributed by atoms with Gasteiger partial charge < -0.3 is 5.32 Å². The fraction of sp³-hybridized carbons (Fsp3) is 0.133. The van der Waals surface area contributed by atoms with Crippen molar-refractivity contribution < 1.29 is 4.79 Å². The van der Waals surface area contributed by atoms with Crippen molar-refractivity contribution in [2.75, 3.05) is 5.32 Å². The summed E-state index contributed by atoms with van der Waals surface area (Å²) in [6, 6.07) is 13.3. The van der Waals surface area contributed by atoms with E-state index >= 15 is 0 Å². The number of rotatable bonds is 4. The van der Waals surface area contributed by atoms with Crippen LogP contribution in [0.2, 0.25) is 0 Å². The Morgan fingerprint density at radius 3 is 2.62 bits per heavy atom. The van der Waals surface area contributed by atoms with Gasteiger partial charge in [0.25, 0.3) is 0 Å². The Kier molecular flexibility index (Phi) is 3.51. The minimum absolute atomic E-state index is 0.156. The van der Waals surface area contributed by atoms with Crippen LogP contribution in [0.25, 0.3) is 5.69 Å². The predicted octanol–water partition coefficient (Wildman–Crippen LogP) is 2.02. The zero-order valence-corrected chi connectivity index (χ0v) is 11.6. The molecule has 6 heteroatoms. The maximum atomic E-state index is 11.9. The van der Waals surface area contributed by atoms with Gasteiger partial charge in [0.2, 0.25) is 5.91 Å². The van der Waals surface area contributed by atoms with Crippen LogP contribution in [-0.4, -0.2) is 25.5 Å². The molecule has 1 amide bonds. The van der Waals surface area contributed by atoms with Crippen molar-refractivity contribution in [1.29, 1.82) is 0 Å². The highest BCUT2D eigenvalue weighted by Crippen LogP contribution is 2.09. The monoisotopic (exact) mass is 281 g/mol. The number of hydrogen-bond acceptors (Lipinski definition) is 3. The first kappa shape index (κ1) is 13.1. The fourth-order valence-electron chi connectivity index (χ4n) is 2.00. The highest BCUT2D eigenvalue weighted by molar-refractivity contribution is 5.89. The van der Waals surface area contributed by atoms with Crippen LogP contribution < -0.4 is 5.32 Å². The van der Waals surface area contributed by atoms with Crippen molar-refractivity contribution in [3.05, 3.63) is 60.6 Å². The average Bonchev–Trinajstić information content (AvgIpc) is 3.09. The van der Waals surface area contributed by atoms with Crippen molar-refractivity contribution in [2.24, 2.45) is 0 Å². The molecule has 3 rings (SSSR count). The van der Waals surface area contributed by atoms with Gasteiger partial charge in [-0.25, -0.2) is 4.68 Å². The lowest BCUT2D eigenvalue weighted by Crippen LogP contribution is -2.19. The van der Waals surface area contributed by atoms with Gasteiger partial charge in [-0.15, -0.1) is 0 Å². The highest BCUT2D eigenvalue weighted by Gasteiger charge is 2.07. The number of anilines is 1. The topological polar surface area (TPSA) is 64.7 Å². The van der Waals surface area contributed by atoms with Crippen LogP contribution in [-0.2, 0) is 11.3 Å². The van der Waals surface area contributed by atoms with Crippen LogP contribution in [0.1, 0.15) is 5.69 Å². The maximum absolute atomic E-state index is 11.9. The first-order valence-electron chi connectivity index (χ1n) is 6.62. The smallest absolute Gasteiger partial charge is 0.247 e. The number of aryl methyl sites for hydroxylation is 1. The fourth-order valence-corrected chi connectivity index (χ4v) is 2.00. The summed E-state index contributed by atoms with van der Waals surface area (Å²) in [5.74, 6) is 0.365. The minimum atomic E-state index is -0.156. The quantitative estimate of drug-likeness (QED) is 0.795. The second kappa shape index (κ2) is 5.62. The van der Waals surface area contributed by atoms with E-state index in [1.165, 1.54) is 0 Å². The normalized spacial score (nSPS) is 10.5. The Morgan fingerprint density at radius 1 is 1.10 bits per heavy atom. The van der Waals surface area contributed by atoms with Crippen molar-refractivity contribution >= 4 is 11.7 Å². The molecule has 0 saturated carbocycles. The molecule has 6 nitrogen and oxygen atoms in total. The molecule has 0 aliphatic rings. The summed E-state index contributed by atoms with van der Waals surface area (Å²) in [6.07, 6.45) is 3.58. The van der Waals surface area contributed by atoms with Crippen LogP contribution in [0.4, 0.5) is 5.82 Å². The number of carbonyl (C=O) groups excluding carboxylic acids is 1. The van der Waals surface area contributed by atoms with Crippen LogP contribution in [0, 0.1) is 6.92 Å². The highest BCUT2D eigenvalue weighted by atomic mass is 16.2. The first-order chi connectivity index (χ1) is 10.2. The van der Waals surface area contributed by atoms with Gasteiger partial charge in [-0.2, -0.15) is 10.2 Å². The van der Waals surface area contributed by atoms with Crippen molar-refractivity contribution in [3.8, 4) is 5.69 Å². The second-order valence-electron chi connectivity index (χ2n) is 4.68. The molecular weight excluding hydrogens is 266 g/mol. The molecule has 0 radical (unpaired) electrons. The summed E-state index contributed by atoms with van der Waals surface area (Å²) >= 11 is 0. The van der Waals surface area contributed by atoms with Crippen molar-refractivity contribution in [3.63, 3.8) is 0 Å². The molecule has 0 atom stereocenters. The number of benzene rings is 1. The summed E-state index contributed by atoms with van der Waals surface area (Å²) in [5, 5.41) is 11.3. The average molecular weight is 281 g/mol. The zero-order valence-electron chi connectivity index (χ0n) is 11.6. The van der Waals surface area contributed by atoms with Crippen LogP contribution in [0.3, 0.4) is 0 Å². The van der Waals surface area contributed by atoms with E-state index < -0.39 is 0 Å². The molecule has 2 aromatic heterocycles. The third-order valence-electron chi connectivity index (χ3n) is 2.96. The zero-order chi connectivity index (χ0) is 14.7. The molecule has 0 unspecified atom stereocenters. The van der Waals surface area contributed by atoms with Gasteiger partial charge in [-0.05, 0) is 25.1 Å². The Bertz CT molecular complexity index is 744. The molecule has 0 bridgehead atoms. The van der Waals surface area contributed by atoms with E-state index in [2.05, 4.69) is 15.5 Å². The summed E-state index contributed by atoms with van der Waals surface area (Å²) in [4.78, 5) is 11.9.